The smallest absolute Gasteiger partial charge is 0.0425 e. The van der Waals surface area contributed by atoms with Crippen LogP contribution >= 0.6 is 26.1 Å². The Morgan fingerprint density at radius 2 is 1.30 bits per heavy atom. The maximum Gasteiger partial charge on any atom is 0.0425 e. The number of hydrogen-bond acceptors (Lipinski definition) is 1. The number of fused-ring (bicyclic) bond motifs is 1. The second-order valence-corrected chi connectivity index (χ2v) is 12.4. The summed E-state index contributed by atoms with van der Waals surface area (Å²) in [7, 11) is 0. The van der Waals surface area contributed by atoms with E-state index >= 15 is 0 Å². The highest BCUT2D eigenvalue weighted by atomic mass is 32.1. The van der Waals surface area contributed by atoms with Crippen LogP contribution < -0.4 is 0 Å². The molecule has 0 unspecified atom stereocenters. The summed E-state index contributed by atoms with van der Waals surface area (Å²) in [6, 6.07) is 36.7. The minimum absolute atomic E-state index is 0. The number of benzene rings is 4. The second-order valence-electron chi connectivity index (χ2n) is 11.5. The van der Waals surface area contributed by atoms with Crippen molar-refractivity contribution in [3.8, 4) is 0 Å². The Labute approximate surface area is 274 Å². The molecule has 0 fully saturated rings. The third-order valence-corrected chi connectivity index (χ3v) is 8.44. The molecule has 1 atom stereocenters. The van der Waals surface area contributed by atoms with Crippen molar-refractivity contribution in [1.29, 1.82) is 0 Å². The predicted molar refractivity (Wildman–Crippen MR) is 201 cm³/mol. The van der Waals surface area contributed by atoms with Gasteiger partial charge < -0.3 is 0 Å². The molecule has 0 radical (unpaired) electrons. The van der Waals surface area contributed by atoms with Crippen molar-refractivity contribution in [3.63, 3.8) is 0 Å². The lowest BCUT2D eigenvalue weighted by molar-refractivity contribution is 0.656. The lowest BCUT2D eigenvalue weighted by Crippen LogP contribution is -2.31. The average molecular weight is 607 g/mol. The van der Waals surface area contributed by atoms with E-state index in [4.69, 9.17) is 12.6 Å². The van der Waals surface area contributed by atoms with E-state index in [1.54, 1.807) is 0 Å². The van der Waals surface area contributed by atoms with Crippen molar-refractivity contribution in [2.24, 2.45) is 0 Å². The lowest BCUT2D eigenvalue weighted by atomic mass is 9.83. The van der Waals surface area contributed by atoms with E-state index in [-0.39, 0.29) is 18.2 Å². The highest BCUT2D eigenvalue weighted by molar-refractivity contribution is 7.82. The number of aryl methyl sites for hydroxylation is 2. The summed E-state index contributed by atoms with van der Waals surface area (Å²) in [4.78, 5) is 0. The van der Waals surface area contributed by atoms with E-state index in [1.165, 1.54) is 50.1 Å². The average Bonchev–Trinajstić information content (AvgIpc) is 3.44. The van der Waals surface area contributed by atoms with E-state index in [1.807, 2.05) is 13.8 Å². The zero-order chi connectivity index (χ0) is 30.5. The van der Waals surface area contributed by atoms with Crippen LogP contribution in [0.2, 0.25) is 0 Å². The molecule has 226 valence electrons. The summed E-state index contributed by atoms with van der Waals surface area (Å²) in [6.07, 6.45) is 7.44. The number of thiol groups is 1. The van der Waals surface area contributed by atoms with Gasteiger partial charge in [-0.1, -0.05) is 146 Å². The van der Waals surface area contributed by atoms with Crippen LogP contribution in [0.4, 0.5) is 0 Å². The van der Waals surface area contributed by atoms with Crippen molar-refractivity contribution >= 4 is 37.8 Å². The maximum absolute atomic E-state index is 5.36. The molecule has 0 aliphatic heterocycles. The summed E-state index contributed by atoms with van der Waals surface area (Å²) in [5, 5.41) is 0. The molecule has 2 heteroatoms. The Bertz CT molecular complexity index is 1480. The van der Waals surface area contributed by atoms with Gasteiger partial charge >= 0.3 is 0 Å². The molecular weight excluding hydrogens is 557 g/mol. The van der Waals surface area contributed by atoms with E-state index in [2.05, 4.69) is 143 Å². The maximum atomic E-state index is 5.36. The van der Waals surface area contributed by atoms with Gasteiger partial charge in [-0.2, -0.15) is 26.1 Å². The van der Waals surface area contributed by atoms with Crippen molar-refractivity contribution in [1.82, 2.24) is 0 Å². The molecule has 0 aromatic heterocycles. The minimum atomic E-state index is -0.189. The minimum Gasteiger partial charge on any atom is -0.197 e. The summed E-state index contributed by atoms with van der Waals surface area (Å²) >= 11 is 5.36. The van der Waals surface area contributed by atoms with E-state index < -0.39 is 0 Å². The van der Waals surface area contributed by atoms with Crippen molar-refractivity contribution in [2.75, 3.05) is 0 Å². The highest BCUT2D eigenvalue weighted by Crippen LogP contribution is 2.40. The Kier molecular flexibility index (Phi) is 14.9. The van der Waals surface area contributed by atoms with Gasteiger partial charge in [-0.25, -0.2) is 0 Å². The molecule has 0 spiro atoms. The van der Waals surface area contributed by atoms with Gasteiger partial charge in [0.25, 0.3) is 0 Å². The van der Waals surface area contributed by atoms with E-state index in [9.17, 15) is 0 Å². The molecule has 0 heterocycles. The molecule has 43 heavy (non-hydrogen) atoms. The largest absolute Gasteiger partial charge is 0.197 e. The first-order valence-corrected chi connectivity index (χ1v) is 15.6. The standard InChI is InChI=1S/C26H26S.C10H12.C5H10.H2S/c1-2-21-12-6-9-15-24(21)19-26(27,18-20-10-4-3-5-11-20)25-16-22-13-7-8-14-23(22)17-25;1-8(2)10-6-4-9(3)5-7-10;1-4-5(2)3;/h3-16,27H,2,17-19H2,1H3;4-7H,1H2,2-3H3;2,4H2,1,3H3;1H2/t26-;;;/m0.../s1. The molecule has 0 nitrogen and oxygen atoms in total. The summed E-state index contributed by atoms with van der Waals surface area (Å²) in [5.41, 5.74) is 13.3. The van der Waals surface area contributed by atoms with Crippen LogP contribution in [0.3, 0.4) is 0 Å². The van der Waals surface area contributed by atoms with E-state index in [0.717, 1.165) is 37.7 Å². The fraction of sp³-hybridized carbons (Fsp3) is 0.268. The Morgan fingerprint density at radius 1 is 0.744 bits per heavy atom. The molecule has 0 saturated carbocycles. The van der Waals surface area contributed by atoms with Crippen LogP contribution in [0.5, 0.6) is 0 Å². The Morgan fingerprint density at radius 3 is 1.86 bits per heavy atom. The first-order chi connectivity index (χ1) is 20.1. The lowest BCUT2D eigenvalue weighted by Gasteiger charge is -2.32. The monoisotopic (exact) mass is 606 g/mol. The highest BCUT2D eigenvalue weighted by Gasteiger charge is 2.34. The third-order valence-electron chi connectivity index (χ3n) is 7.83. The van der Waals surface area contributed by atoms with Crippen molar-refractivity contribution in [3.05, 3.63) is 166 Å². The van der Waals surface area contributed by atoms with Gasteiger partial charge in [0.05, 0.1) is 0 Å². The normalized spacial score (nSPS) is 12.6. The van der Waals surface area contributed by atoms with Crippen LogP contribution in [-0.2, 0) is 25.7 Å². The molecule has 4 aromatic rings. The molecular formula is C41H50S2. The first-order valence-electron chi connectivity index (χ1n) is 15.1. The summed E-state index contributed by atoms with van der Waals surface area (Å²) in [6.45, 7) is 18.0. The van der Waals surface area contributed by atoms with Gasteiger partial charge in [0.15, 0.2) is 0 Å². The fourth-order valence-corrected chi connectivity index (χ4v) is 5.53. The number of rotatable bonds is 8. The van der Waals surface area contributed by atoms with Gasteiger partial charge in [0.2, 0.25) is 0 Å². The SMILES string of the molecule is C=C(C)CC.C=C(C)c1ccc(C)cc1.CCc1ccccc1C[C@@](S)(Cc1ccccc1)C1=Cc2ccccc2C1.S. The van der Waals surface area contributed by atoms with Gasteiger partial charge in [0.1, 0.15) is 0 Å². The molecule has 0 N–H and O–H groups in total. The van der Waals surface area contributed by atoms with Gasteiger partial charge in [-0.3, -0.25) is 0 Å². The Hall–Kier alpha value is -3.20. The zero-order valence-electron chi connectivity index (χ0n) is 26.8. The molecule has 1 aliphatic rings. The quantitative estimate of drug-likeness (QED) is 0.150. The first kappa shape index (κ1) is 36.0. The van der Waals surface area contributed by atoms with Crippen LogP contribution in [-0.4, -0.2) is 4.75 Å². The van der Waals surface area contributed by atoms with Gasteiger partial charge in [-0.15, -0.1) is 6.58 Å². The van der Waals surface area contributed by atoms with E-state index in [0.29, 0.717) is 0 Å². The number of hydrogen-bond donors (Lipinski definition) is 1. The fourth-order valence-electron chi connectivity index (χ4n) is 5.03. The topological polar surface area (TPSA) is 0 Å². The van der Waals surface area contributed by atoms with Crippen LogP contribution in [0.15, 0.2) is 127 Å². The molecule has 0 bridgehead atoms. The van der Waals surface area contributed by atoms with Gasteiger partial charge in [0, 0.05) is 4.75 Å². The Balaban J connectivity index is 0.000000335. The van der Waals surface area contributed by atoms with Crippen molar-refractivity contribution < 1.29 is 0 Å². The third kappa shape index (κ3) is 11.1. The molecule has 0 saturated heterocycles. The molecule has 0 amide bonds. The number of allylic oxidation sites excluding steroid dienone is 2. The van der Waals surface area contributed by atoms with Crippen molar-refractivity contribution in [2.45, 2.75) is 71.5 Å². The summed E-state index contributed by atoms with van der Waals surface area (Å²) in [5.74, 6) is 0. The second kappa shape index (κ2) is 17.8. The molecule has 1 aliphatic carbocycles. The molecule has 5 rings (SSSR count). The van der Waals surface area contributed by atoms with Gasteiger partial charge in [-0.05, 0) is 91.8 Å². The summed E-state index contributed by atoms with van der Waals surface area (Å²) < 4.78 is -0.189. The zero-order valence-corrected chi connectivity index (χ0v) is 28.7. The predicted octanol–water partition coefficient (Wildman–Crippen LogP) is 11.5. The van der Waals surface area contributed by atoms with Crippen LogP contribution in [0, 0.1) is 6.92 Å². The molecule has 4 aromatic carbocycles. The van der Waals surface area contributed by atoms with Crippen LogP contribution in [0.25, 0.3) is 11.6 Å². The van der Waals surface area contributed by atoms with Crippen LogP contribution in [0.1, 0.15) is 73.1 Å².